The zero-order valence-corrected chi connectivity index (χ0v) is 6.36. The van der Waals surface area contributed by atoms with Crippen molar-refractivity contribution < 1.29 is 0 Å². The van der Waals surface area contributed by atoms with Gasteiger partial charge < -0.3 is 0 Å². The van der Waals surface area contributed by atoms with Gasteiger partial charge in [0.25, 0.3) is 0 Å². The van der Waals surface area contributed by atoms with Gasteiger partial charge in [0.1, 0.15) is 0 Å². The molecule has 1 rings (SSSR count). The second-order valence-corrected chi connectivity index (χ2v) is 2.10. The maximum atomic E-state index is 2.27. The molecule has 0 radical (unpaired) electrons. The summed E-state index contributed by atoms with van der Waals surface area (Å²) in [7, 11) is 0. The fraction of sp³-hybridized carbons (Fsp3) is 0.500. The summed E-state index contributed by atoms with van der Waals surface area (Å²) >= 11 is 0. The smallest absolute Gasteiger partial charge is 0.0316 e. The van der Waals surface area contributed by atoms with Gasteiger partial charge >= 0.3 is 0 Å². The number of hydrogen-bond donors (Lipinski definition) is 0. The fourth-order valence-corrected chi connectivity index (χ4v) is 0.856. The van der Waals surface area contributed by atoms with E-state index in [0.717, 1.165) is 0 Å². The average Bonchev–Trinajstić information content (AvgIpc) is 1.62. The Bertz CT molecular complexity index is 77.1. The van der Waals surface area contributed by atoms with Crippen molar-refractivity contribution in [2.24, 2.45) is 0 Å². The molecule has 0 N–H and O–H groups in total. The number of hydrogen-bond acceptors (Lipinski definition) is 0. The van der Waals surface area contributed by atoms with Gasteiger partial charge in [-0.05, 0) is 25.7 Å². The summed E-state index contributed by atoms with van der Waals surface area (Å²) in [5, 5.41) is 0. The molecule has 1 aliphatic rings. The van der Waals surface area contributed by atoms with Crippen LogP contribution in [0.25, 0.3) is 0 Å². The van der Waals surface area contributed by atoms with E-state index in [9.17, 15) is 0 Å². The highest BCUT2D eigenvalue weighted by molar-refractivity contribution is 5.85. The van der Waals surface area contributed by atoms with Crippen molar-refractivity contribution in [1.29, 1.82) is 0 Å². The summed E-state index contributed by atoms with van der Waals surface area (Å²) in [6.45, 7) is 0. The van der Waals surface area contributed by atoms with E-state index in [1.807, 2.05) is 0 Å². The van der Waals surface area contributed by atoms with Crippen LogP contribution in [-0.4, -0.2) is 0 Å². The third-order valence-electron chi connectivity index (χ3n) is 1.33. The van der Waals surface area contributed by atoms with Crippen molar-refractivity contribution in [3.05, 3.63) is 24.3 Å². The Balaban J connectivity index is 0.000000640. The minimum atomic E-state index is 0. The van der Waals surface area contributed by atoms with Crippen LogP contribution in [-0.2, 0) is 0 Å². The van der Waals surface area contributed by atoms with Crippen molar-refractivity contribution in [3.8, 4) is 0 Å². The molecule has 0 aromatic carbocycles. The van der Waals surface area contributed by atoms with Gasteiger partial charge in [0, 0.05) is 0 Å². The fourth-order valence-electron chi connectivity index (χ4n) is 0.856. The quantitative estimate of drug-likeness (QED) is 0.459. The molecule has 0 atom stereocenters. The SMILES string of the molecule is C1=CCC/C=C\CC1.Cl. The largest absolute Gasteiger partial charge is 0.147 e. The van der Waals surface area contributed by atoms with E-state index in [4.69, 9.17) is 0 Å². The first kappa shape index (κ1) is 8.77. The third-order valence-corrected chi connectivity index (χ3v) is 1.33. The predicted molar refractivity (Wildman–Crippen MR) is 44.0 cm³/mol. The monoisotopic (exact) mass is 144 g/mol. The van der Waals surface area contributed by atoms with Gasteiger partial charge in [0.05, 0.1) is 0 Å². The topological polar surface area (TPSA) is 0 Å². The highest BCUT2D eigenvalue weighted by atomic mass is 35.5. The van der Waals surface area contributed by atoms with E-state index in [2.05, 4.69) is 24.3 Å². The zero-order chi connectivity index (χ0) is 5.66. The van der Waals surface area contributed by atoms with Gasteiger partial charge in [0.15, 0.2) is 0 Å². The predicted octanol–water partition coefficient (Wildman–Crippen LogP) is 3.09. The lowest BCUT2D eigenvalue weighted by molar-refractivity contribution is 0.962. The van der Waals surface area contributed by atoms with E-state index in [-0.39, 0.29) is 12.4 Å². The van der Waals surface area contributed by atoms with Crippen LogP contribution in [0.2, 0.25) is 0 Å². The number of halogens is 1. The molecule has 0 fully saturated rings. The summed E-state index contributed by atoms with van der Waals surface area (Å²) in [5.41, 5.74) is 0. The maximum absolute atomic E-state index is 2.27. The van der Waals surface area contributed by atoms with Crippen LogP contribution >= 0.6 is 12.4 Å². The lowest BCUT2D eigenvalue weighted by Crippen LogP contribution is -1.71. The Labute approximate surface area is 63.1 Å². The molecule has 0 amide bonds. The molecule has 0 bridgehead atoms. The molecule has 0 unspecified atom stereocenters. The minimum Gasteiger partial charge on any atom is -0.147 e. The molecule has 0 nitrogen and oxygen atoms in total. The Morgan fingerprint density at radius 3 is 1.00 bits per heavy atom. The van der Waals surface area contributed by atoms with Crippen molar-refractivity contribution in [2.75, 3.05) is 0 Å². The Hall–Kier alpha value is -0.230. The van der Waals surface area contributed by atoms with Crippen molar-refractivity contribution in [3.63, 3.8) is 0 Å². The van der Waals surface area contributed by atoms with Crippen LogP contribution in [0, 0.1) is 0 Å². The summed E-state index contributed by atoms with van der Waals surface area (Å²) in [6.07, 6.45) is 14.0. The normalized spacial score (nSPS) is 21.3. The zero-order valence-electron chi connectivity index (χ0n) is 5.55. The molecule has 0 aromatic rings. The number of allylic oxidation sites excluding steroid dienone is 4. The molecule has 0 aromatic heterocycles. The van der Waals surface area contributed by atoms with Crippen LogP contribution in [0.5, 0.6) is 0 Å². The molecule has 9 heavy (non-hydrogen) atoms. The van der Waals surface area contributed by atoms with Crippen LogP contribution in [0.3, 0.4) is 0 Å². The maximum Gasteiger partial charge on any atom is -0.0316 e. The molecule has 0 aliphatic heterocycles. The molecule has 0 spiro atoms. The van der Waals surface area contributed by atoms with Crippen LogP contribution in [0.1, 0.15) is 25.7 Å². The lowest BCUT2D eigenvalue weighted by Gasteiger charge is -1.92. The summed E-state index contributed by atoms with van der Waals surface area (Å²) in [4.78, 5) is 0. The third kappa shape index (κ3) is 4.28. The first-order valence-electron chi connectivity index (χ1n) is 3.30. The van der Waals surface area contributed by atoms with E-state index < -0.39 is 0 Å². The molecular formula is C8H13Cl. The number of rotatable bonds is 0. The first-order valence-corrected chi connectivity index (χ1v) is 3.30. The van der Waals surface area contributed by atoms with E-state index >= 15 is 0 Å². The minimum absolute atomic E-state index is 0. The lowest BCUT2D eigenvalue weighted by atomic mass is 10.1. The Morgan fingerprint density at radius 2 is 0.778 bits per heavy atom. The molecule has 52 valence electrons. The van der Waals surface area contributed by atoms with E-state index in [0.29, 0.717) is 0 Å². The second-order valence-electron chi connectivity index (χ2n) is 2.10. The molecule has 0 saturated carbocycles. The standard InChI is InChI=1S/C8H12.ClH/c1-2-4-6-8-7-5-3-1;/h1-2,7-8H,3-6H2;1H/b2-1-,8-7?;. The van der Waals surface area contributed by atoms with Crippen molar-refractivity contribution in [2.45, 2.75) is 25.7 Å². The van der Waals surface area contributed by atoms with Crippen LogP contribution in [0.4, 0.5) is 0 Å². The summed E-state index contributed by atoms with van der Waals surface area (Å²) in [5.74, 6) is 0. The van der Waals surface area contributed by atoms with Crippen molar-refractivity contribution >= 4 is 12.4 Å². The van der Waals surface area contributed by atoms with Gasteiger partial charge in [0.2, 0.25) is 0 Å². The van der Waals surface area contributed by atoms with Crippen molar-refractivity contribution in [1.82, 2.24) is 0 Å². The molecule has 0 saturated heterocycles. The molecule has 1 aliphatic carbocycles. The van der Waals surface area contributed by atoms with E-state index in [1.54, 1.807) is 0 Å². The highest BCUT2D eigenvalue weighted by Crippen LogP contribution is 2.02. The van der Waals surface area contributed by atoms with E-state index in [1.165, 1.54) is 25.7 Å². The van der Waals surface area contributed by atoms with Gasteiger partial charge in [-0.1, -0.05) is 24.3 Å². The Morgan fingerprint density at radius 1 is 0.556 bits per heavy atom. The van der Waals surface area contributed by atoms with Gasteiger partial charge in [-0.2, -0.15) is 0 Å². The summed E-state index contributed by atoms with van der Waals surface area (Å²) < 4.78 is 0. The molecule has 0 heterocycles. The molecule has 1 heteroatoms. The molecular weight excluding hydrogens is 132 g/mol. The second kappa shape index (κ2) is 5.90. The van der Waals surface area contributed by atoms with Crippen LogP contribution in [0.15, 0.2) is 24.3 Å². The van der Waals surface area contributed by atoms with Gasteiger partial charge in [-0.25, -0.2) is 0 Å². The Kier molecular flexibility index (Phi) is 5.75. The average molecular weight is 145 g/mol. The first-order chi connectivity index (χ1) is 4.00. The highest BCUT2D eigenvalue weighted by Gasteiger charge is 1.81. The van der Waals surface area contributed by atoms with Crippen LogP contribution < -0.4 is 0 Å². The summed E-state index contributed by atoms with van der Waals surface area (Å²) in [6, 6.07) is 0. The van der Waals surface area contributed by atoms with Gasteiger partial charge in [-0.3, -0.25) is 0 Å². The van der Waals surface area contributed by atoms with Gasteiger partial charge in [-0.15, -0.1) is 12.4 Å².